The number of nitrogens with zero attached hydrogens (tertiary/aromatic N) is 1. The van der Waals surface area contributed by atoms with E-state index in [0.717, 1.165) is 49.9 Å². The predicted molar refractivity (Wildman–Crippen MR) is 130 cm³/mol. The van der Waals surface area contributed by atoms with Crippen molar-refractivity contribution in [1.82, 2.24) is 0 Å². The van der Waals surface area contributed by atoms with E-state index in [4.69, 9.17) is 0 Å². The molecule has 30 heavy (non-hydrogen) atoms. The molecule has 2 aliphatic rings. The number of allylic oxidation sites excluding steroid dienone is 2. The van der Waals surface area contributed by atoms with E-state index in [1.807, 2.05) is 0 Å². The van der Waals surface area contributed by atoms with Crippen molar-refractivity contribution in [2.75, 3.05) is 23.0 Å². The average Bonchev–Trinajstić information content (AvgIpc) is 2.74. The number of hydrogen-bond donors (Lipinski definition) is 0. The van der Waals surface area contributed by atoms with Crippen LogP contribution >= 0.6 is 47.0 Å². The van der Waals surface area contributed by atoms with Crippen molar-refractivity contribution in [1.29, 1.82) is 0 Å². The summed E-state index contributed by atoms with van der Waals surface area (Å²) in [5.74, 6) is 3.16. The number of carbonyl (C=O) groups excluding carboxylic acids is 2. The number of benzene rings is 1. The first-order valence-electron chi connectivity index (χ1n) is 9.66. The molecule has 0 aromatic heterocycles. The lowest BCUT2D eigenvalue weighted by atomic mass is 9.82. The fourth-order valence-corrected chi connectivity index (χ4v) is 8.96. The quantitative estimate of drug-likeness (QED) is 0.277. The minimum Gasteiger partial charge on any atom is -0.295 e. The maximum atomic E-state index is 12.9. The third-order valence-corrected chi connectivity index (χ3v) is 10.0. The molecule has 0 unspecified atom stereocenters. The molecule has 9 heteroatoms. The second-order valence-corrected chi connectivity index (χ2v) is 11.8. The summed E-state index contributed by atoms with van der Waals surface area (Å²) in [6.07, 6.45) is 2.16. The van der Waals surface area contributed by atoms with E-state index >= 15 is 0 Å². The van der Waals surface area contributed by atoms with E-state index in [0.29, 0.717) is 11.1 Å². The summed E-state index contributed by atoms with van der Waals surface area (Å²) in [7, 11) is 0. The molecule has 0 aliphatic carbocycles. The lowest BCUT2D eigenvalue weighted by molar-refractivity contribution is -0.384. The first kappa shape index (κ1) is 23.5. The van der Waals surface area contributed by atoms with Crippen molar-refractivity contribution in [3.63, 3.8) is 0 Å². The fourth-order valence-electron chi connectivity index (χ4n) is 3.37. The molecule has 2 fully saturated rings. The van der Waals surface area contributed by atoms with Crippen molar-refractivity contribution in [2.24, 2.45) is 0 Å². The summed E-state index contributed by atoms with van der Waals surface area (Å²) in [5, 5.41) is 11.1. The largest absolute Gasteiger partial charge is 0.295 e. The predicted octanol–water partition coefficient (Wildman–Crippen LogP) is 6.02. The number of carbonyl (C=O) groups is 2. The SMILES string of the molecule is CC(=O)C(=C1SCCCS1)C(C(C(C)=O)=C1SCCCS1)c1ccc([N+](=O)[O-])cc1. The van der Waals surface area contributed by atoms with Crippen LogP contribution in [0.4, 0.5) is 5.69 Å². The van der Waals surface area contributed by atoms with E-state index < -0.39 is 10.8 Å². The Morgan fingerprint density at radius 3 is 1.57 bits per heavy atom. The van der Waals surface area contributed by atoms with Gasteiger partial charge in [-0.2, -0.15) is 0 Å². The van der Waals surface area contributed by atoms with Crippen LogP contribution in [0.5, 0.6) is 0 Å². The van der Waals surface area contributed by atoms with Crippen molar-refractivity contribution in [3.05, 3.63) is 59.6 Å². The summed E-state index contributed by atoms with van der Waals surface area (Å²) < 4.78 is 1.95. The number of hydrogen-bond acceptors (Lipinski definition) is 8. The summed E-state index contributed by atoms with van der Waals surface area (Å²) in [6.45, 7) is 3.11. The molecule has 160 valence electrons. The van der Waals surface area contributed by atoms with E-state index in [9.17, 15) is 19.7 Å². The molecular formula is C21H23NO4S4. The molecule has 2 saturated heterocycles. The molecule has 5 nitrogen and oxygen atoms in total. The summed E-state index contributed by atoms with van der Waals surface area (Å²) >= 11 is 6.69. The normalized spacial score (nSPS) is 17.0. The number of rotatable bonds is 6. The zero-order valence-corrected chi connectivity index (χ0v) is 20.1. The number of Topliss-reactive ketones (excluding diaryl/α,β-unsaturated/α-hetero) is 2. The molecular weight excluding hydrogens is 459 g/mol. The Bertz CT molecular complexity index is 846. The fraction of sp³-hybridized carbons (Fsp3) is 0.429. The van der Waals surface area contributed by atoms with Gasteiger partial charge in [-0.15, -0.1) is 47.0 Å². The third-order valence-electron chi connectivity index (χ3n) is 4.72. The Morgan fingerprint density at radius 1 is 0.833 bits per heavy atom. The highest BCUT2D eigenvalue weighted by Gasteiger charge is 2.33. The molecule has 0 spiro atoms. The Labute approximate surface area is 193 Å². The van der Waals surface area contributed by atoms with Crippen LogP contribution in [0.1, 0.15) is 38.2 Å². The van der Waals surface area contributed by atoms with Gasteiger partial charge in [-0.1, -0.05) is 12.1 Å². The summed E-state index contributed by atoms with van der Waals surface area (Å²) in [4.78, 5) is 36.5. The van der Waals surface area contributed by atoms with E-state index in [-0.39, 0.29) is 17.3 Å². The van der Waals surface area contributed by atoms with Crippen molar-refractivity contribution in [2.45, 2.75) is 32.6 Å². The highest BCUT2D eigenvalue weighted by Crippen LogP contribution is 2.48. The molecule has 2 aliphatic heterocycles. The van der Waals surface area contributed by atoms with Crippen LogP contribution in [-0.4, -0.2) is 39.5 Å². The first-order valence-corrected chi connectivity index (χ1v) is 13.6. The van der Waals surface area contributed by atoms with Crippen LogP contribution in [0.3, 0.4) is 0 Å². The van der Waals surface area contributed by atoms with Crippen LogP contribution in [0.15, 0.2) is 43.9 Å². The van der Waals surface area contributed by atoms with Crippen molar-refractivity contribution in [3.8, 4) is 0 Å². The van der Waals surface area contributed by atoms with Crippen LogP contribution < -0.4 is 0 Å². The first-order chi connectivity index (χ1) is 14.4. The van der Waals surface area contributed by atoms with Gasteiger partial charge in [-0.25, -0.2) is 0 Å². The highest BCUT2D eigenvalue weighted by atomic mass is 32.2. The molecule has 0 amide bonds. The van der Waals surface area contributed by atoms with E-state index in [2.05, 4.69) is 0 Å². The maximum absolute atomic E-state index is 12.9. The number of nitro benzene ring substituents is 1. The number of thioether (sulfide) groups is 4. The molecule has 1 aromatic carbocycles. The molecule has 0 N–H and O–H groups in total. The Balaban J connectivity index is 2.22. The van der Waals surface area contributed by atoms with Gasteiger partial charge in [0.05, 0.1) is 4.92 Å². The Morgan fingerprint density at radius 2 is 1.23 bits per heavy atom. The smallest absolute Gasteiger partial charge is 0.269 e. The molecule has 0 saturated carbocycles. The van der Waals surface area contributed by atoms with Gasteiger partial charge in [0.1, 0.15) is 0 Å². The van der Waals surface area contributed by atoms with Gasteiger partial charge in [0, 0.05) is 37.7 Å². The summed E-state index contributed by atoms with van der Waals surface area (Å²) in [6, 6.07) is 6.28. The Kier molecular flexibility index (Phi) is 8.56. The minimum atomic E-state index is -0.512. The molecule has 2 heterocycles. The van der Waals surface area contributed by atoms with Crippen LogP contribution in [0, 0.1) is 10.1 Å². The standard InChI is InChI=1S/C21H23NO4S4/c1-13(23)17(20-27-9-3-10-28-20)19(15-5-7-16(8-6-15)22(25)26)18(14(2)24)21-29-11-4-12-30-21/h5-8,19H,3-4,9-12H2,1-2H3. The zero-order valence-electron chi connectivity index (χ0n) is 16.8. The zero-order chi connectivity index (χ0) is 21.7. The lowest BCUT2D eigenvalue weighted by Gasteiger charge is -2.28. The van der Waals surface area contributed by atoms with Crippen molar-refractivity contribution < 1.29 is 14.5 Å². The van der Waals surface area contributed by atoms with Gasteiger partial charge in [0.25, 0.3) is 5.69 Å². The van der Waals surface area contributed by atoms with Gasteiger partial charge in [0.2, 0.25) is 0 Å². The van der Waals surface area contributed by atoms with Gasteiger partial charge in [-0.3, -0.25) is 19.7 Å². The van der Waals surface area contributed by atoms with E-state index in [1.165, 1.54) is 12.1 Å². The second kappa shape index (κ2) is 10.9. The second-order valence-electron chi connectivity index (χ2n) is 6.90. The van der Waals surface area contributed by atoms with Crippen molar-refractivity contribution >= 4 is 64.3 Å². The molecule has 1 aromatic rings. The maximum Gasteiger partial charge on any atom is 0.269 e. The van der Waals surface area contributed by atoms with Gasteiger partial charge in [-0.05, 0) is 55.3 Å². The highest BCUT2D eigenvalue weighted by molar-refractivity contribution is 8.23. The summed E-state index contributed by atoms with van der Waals surface area (Å²) in [5.41, 5.74) is 2.02. The topological polar surface area (TPSA) is 77.3 Å². The minimum absolute atomic E-state index is 0.00520. The average molecular weight is 482 g/mol. The molecule has 0 atom stereocenters. The third kappa shape index (κ3) is 5.55. The van der Waals surface area contributed by atoms with Gasteiger partial charge in [0.15, 0.2) is 11.6 Å². The van der Waals surface area contributed by atoms with Gasteiger partial charge >= 0.3 is 0 Å². The molecule has 0 radical (unpaired) electrons. The number of ketones is 2. The molecule has 3 rings (SSSR count). The van der Waals surface area contributed by atoms with Crippen LogP contribution in [0.2, 0.25) is 0 Å². The lowest BCUT2D eigenvalue weighted by Crippen LogP contribution is -2.19. The van der Waals surface area contributed by atoms with E-state index in [1.54, 1.807) is 73.0 Å². The van der Waals surface area contributed by atoms with Crippen LogP contribution in [0.25, 0.3) is 0 Å². The Hall–Kier alpha value is -1.16. The van der Waals surface area contributed by atoms with Gasteiger partial charge < -0.3 is 0 Å². The van der Waals surface area contributed by atoms with Crippen LogP contribution in [-0.2, 0) is 9.59 Å². The number of non-ortho nitro benzene ring substituents is 1. The number of nitro groups is 1. The molecule has 0 bridgehead atoms. The monoisotopic (exact) mass is 481 g/mol.